The third kappa shape index (κ3) is 3.27. The second kappa shape index (κ2) is 5.50. The average Bonchev–Trinajstić information content (AvgIpc) is 2.79. The molecule has 0 radical (unpaired) electrons. The van der Waals surface area contributed by atoms with Gasteiger partial charge in [-0.2, -0.15) is 0 Å². The van der Waals surface area contributed by atoms with E-state index in [1.54, 1.807) is 25.1 Å². The molecule has 0 fully saturated rings. The molecule has 2 aromatic rings. The summed E-state index contributed by atoms with van der Waals surface area (Å²) in [6.45, 7) is 1.65. The van der Waals surface area contributed by atoms with Crippen LogP contribution in [0.2, 0.25) is 4.34 Å². The highest BCUT2D eigenvalue weighted by Crippen LogP contribution is 2.28. The van der Waals surface area contributed by atoms with Gasteiger partial charge in [0.15, 0.2) is 0 Å². The number of hydrogen-bond acceptors (Lipinski definition) is 4. The highest BCUT2D eigenvalue weighted by molar-refractivity contribution is 7.94. The molecular formula is C12H12ClNO3S2. The van der Waals surface area contributed by atoms with Gasteiger partial charge < -0.3 is 5.11 Å². The van der Waals surface area contributed by atoms with E-state index in [2.05, 4.69) is 4.72 Å². The van der Waals surface area contributed by atoms with Gasteiger partial charge in [-0.3, -0.25) is 4.72 Å². The first-order chi connectivity index (χ1) is 8.92. The van der Waals surface area contributed by atoms with Gasteiger partial charge in [0.2, 0.25) is 0 Å². The summed E-state index contributed by atoms with van der Waals surface area (Å²) in [5, 5.41) is 9.08. The molecule has 0 saturated heterocycles. The van der Waals surface area contributed by atoms with Crippen molar-refractivity contribution in [2.75, 3.05) is 4.72 Å². The first-order valence-electron chi connectivity index (χ1n) is 5.41. The van der Waals surface area contributed by atoms with Crippen LogP contribution in [0.25, 0.3) is 0 Å². The number of nitrogens with one attached hydrogen (secondary N) is 1. The monoisotopic (exact) mass is 317 g/mol. The summed E-state index contributed by atoms with van der Waals surface area (Å²) in [7, 11) is -3.64. The lowest BCUT2D eigenvalue weighted by molar-refractivity contribution is 0.282. The second-order valence-electron chi connectivity index (χ2n) is 3.97. The van der Waals surface area contributed by atoms with Crippen molar-refractivity contribution in [1.29, 1.82) is 0 Å². The van der Waals surface area contributed by atoms with Crippen LogP contribution in [0.3, 0.4) is 0 Å². The van der Waals surface area contributed by atoms with E-state index in [-0.39, 0.29) is 10.8 Å². The molecule has 102 valence electrons. The van der Waals surface area contributed by atoms with E-state index >= 15 is 0 Å². The molecule has 7 heteroatoms. The Labute approximate surface area is 120 Å². The first kappa shape index (κ1) is 14.3. The van der Waals surface area contributed by atoms with Crippen molar-refractivity contribution in [3.8, 4) is 0 Å². The van der Waals surface area contributed by atoms with Crippen LogP contribution in [-0.2, 0) is 16.6 Å². The third-order valence-electron chi connectivity index (χ3n) is 2.54. The molecule has 0 amide bonds. The smallest absolute Gasteiger partial charge is 0.271 e. The lowest BCUT2D eigenvalue weighted by atomic mass is 10.1. The van der Waals surface area contributed by atoms with Gasteiger partial charge in [-0.25, -0.2) is 8.42 Å². The van der Waals surface area contributed by atoms with E-state index in [9.17, 15) is 8.42 Å². The minimum absolute atomic E-state index is 0.139. The maximum atomic E-state index is 12.1. The molecular weight excluding hydrogens is 306 g/mol. The fourth-order valence-corrected chi connectivity index (χ4v) is 4.12. The SMILES string of the molecule is Cc1ccc(CO)cc1NS(=O)(=O)c1ccc(Cl)s1. The predicted octanol–water partition coefficient (Wildman–Crippen LogP) is 3.00. The molecule has 0 atom stereocenters. The van der Waals surface area contributed by atoms with Gasteiger partial charge >= 0.3 is 0 Å². The minimum Gasteiger partial charge on any atom is -0.392 e. The summed E-state index contributed by atoms with van der Waals surface area (Å²) in [6.07, 6.45) is 0. The van der Waals surface area contributed by atoms with E-state index in [0.717, 1.165) is 16.9 Å². The van der Waals surface area contributed by atoms with Crippen molar-refractivity contribution in [2.24, 2.45) is 0 Å². The highest BCUT2D eigenvalue weighted by Gasteiger charge is 2.17. The Balaban J connectivity index is 2.35. The number of aryl methyl sites for hydroxylation is 1. The second-order valence-corrected chi connectivity index (χ2v) is 7.60. The summed E-state index contributed by atoms with van der Waals surface area (Å²) in [5.74, 6) is 0. The van der Waals surface area contributed by atoms with Crippen LogP contribution in [0, 0.1) is 6.92 Å². The molecule has 0 saturated carbocycles. The number of aliphatic hydroxyl groups is 1. The van der Waals surface area contributed by atoms with Gasteiger partial charge in [0.05, 0.1) is 16.6 Å². The molecule has 0 aliphatic heterocycles. The molecule has 1 heterocycles. The molecule has 0 spiro atoms. The zero-order valence-electron chi connectivity index (χ0n) is 10.1. The minimum atomic E-state index is -3.64. The maximum Gasteiger partial charge on any atom is 0.271 e. The summed E-state index contributed by atoms with van der Waals surface area (Å²) in [6, 6.07) is 8.11. The number of halogens is 1. The fraction of sp³-hybridized carbons (Fsp3) is 0.167. The van der Waals surface area contributed by atoms with E-state index < -0.39 is 10.0 Å². The molecule has 0 bridgehead atoms. The highest BCUT2D eigenvalue weighted by atomic mass is 35.5. The molecule has 0 unspecified atom stereocenters. The Morgan fingerprint density at radius 2 is 2.05 bits per heavy atom. The number of aliphatic hydroxyl groups excluding tert-OH is 1. The van der Waals surface area contributed by atoms with Crippen molar-refractivity contribution in [2.45, 2.75) is 17.7 Å². The molecule has 0 aliphatic carbocycles. The van der Waals surface area contributed by atoms with E-state index in [4.69, 9.17) is 16.7 Å². The van der Waals surface area contributed by atoms with E-state index in [1.807, 2.05) is 0 Å². The Hall–Kier alpha value is -1.08. The molecule has 0 aliphatic rings. The van der Waals surface area contributed by atoms with E-state index in [1.165, 1.54) is 12.1 Å². The number of rotatable bonds is 4. The molecule has 2 rings (SSSR count). The van der Waals surface area contributed by atoms with Crippen LogP contribution >= 0.6 is 22.9 Å². The predicted molar refractivity (Wildman–Crippen MR) is 77.2 cm³/mol. The van der Waals surface area contributed by atoms with Crippen LogP contribution in [0.15, 0.2) is 34.5 Å². The molecule has 1 aromatic heterocycles. The number of hydrogen-bond donors (Lipinski definition) is 2. The average molecular weight is 318 g/mol. The van der Waals surface area contributed by atoms with Crippen molar-refractivity contribution < 1.29 is 13.5 Å². The number of sulfonamides is 1. The Morgan fingerprint density at radius 1 is 1.32 bits per heavy atom. The number of anilines is 1. The van der Waals surface area contributed by atoms with Crippen LogP contribution in [0.4, 0.5) is 5.69 Å². The van der Waals surface area contributed by atoms with Gasteiger partial charge in [0, 0.05) is 0 Å². The summed E-state index contributed by atoms with van der Waals surface area (Å²) < 4.78 is 27.4. The van der Waals surface area contributed by atoms with Crippen LogP contribution < -0.4 is 4.72 Å². The van der Waals surface area contributed by atoms with E-state index in [0.29, 0.717) is 15.6 Å². The lowest BCUT2D eigenvalue weighted by Gasteiger charge is -2.10. The Morgan fingerprint density at radius 3 is 2.63 bits per heavy atom. The van der Waals surface area contributed by atoms with Crippen LogP contribution in [-0.4, -0.2) is 13.5 Å². The van der Waals surface area contributed by atoms with Crippen molar-refractivity contribution in [3.63, 3.8) is 0 Å². The summed E-state index contributed by atoms with van der Waals surface area (Å²) in [4.78, 5) is 0. The van der Waals surface area contributed by atoms with Gasteiger partial charge in [-0.05, 0) is 36.2 Å². The van der Waals surface area contributed by atoms with Gasteiger partial charge in [0.25, 0.3) is 10.0 Å². The fourth-order valence-electron chi connectivity index (χ4n) is 1.51. The van der Waals surface area contributed by atoms with Crippen LogP contribution in [0.5, 0.6) is 0 Å². The zero-order valence-corrected chi connectivity index (χ0v) is 12.4. The Bertz CT molecular complexity index is 695. The van der Waals surface area contributed by atoms with Gasteiger partial charge in [-0.15, -0.1) is 11.3 Å². The number of thiophene rings is 1. The van der Waals surface area contributed by atoms with Crippen molar-refractivity contribution >= 4 is 38.6 Å². The summed E-state index contributed by atoms with van der Waals surface area (Å²) in [5.41, 5.74) is 1.88. The Kier molecular flexibility index (Phi) is 4.15. The topological polar surface area (TPSA) is 66.4 Å². The maximum absolute atomic E-state index is 12.1. The largest absolute Gasteiger partial charge is 0.392 e. The van der Waals surface area contributed by atoms with Crippen molar-refractivity contribution in [1.82, 2.24) is 0 Å². The zero-order chi connectivity index (χ0) is 14.0. The van der Waals surface area contributed by atoms with Gasteiger partial charge in [-0.1, -0.05) is 23.7 Å². The molecule has 2 N–H and O–H groups in total. The van der Waals surface area contributed by atoms with Gasteiger partial charge in [0.1, 0.15) is 4.21 Å². The normalized spacial score (nSPS) is 11.5. The first-order valence-corrected chi connectivity index (χ1v) is 8.08. The summed E-state index contributed by atoms with van der Waals surface area (Å²) >= 11 is 6.74. The third-order valence-corrected chi connectivity index (χ3v) is 5.63. The molecule has 19 heavy (non-hydrogen) atoms. The lowest BCUT2D eigenvalue weighted by Crippen LogP contribution is -2.12. The van der Waals surface area contributed by atoms with Crippen molar-refractivity contribution in [3.05, 3.63) is 45.8 Å². The molecule has 4 nitrogen and oxygen atoms in total. The van der Waals surface area contributed by atoms with Crippen LogP contribution in [0.1, 0.15) is 11.1 Å². The standard InChI is InChI=1S/C12H12ClNO3S2/c1-8-2-3-9(7-15)6-10(8)14-19(16,17)12-5-4-11(13)18-12/h2-6,14-15H,7H2,1H3. The molecule has 1 aromatic carbocycles. The quantitative estimate of drug-likeness (QED) is 0.911. The number of benzene rings is 1.